The minimum atomic E-state index is -0.0406. The van der Waals surface area contributed by atoms with Gasteiger partial charge in [0, 0.05) is 11.0 Å². The molecule has 186 valence electrons. The van der Waals surface area contributed by atoms with Gasteiger partial charge in [-0.2, -0.15) is 0 Å². The van der Waals surface area contributed by atoms with E-state index in [1.54, 1.807) is 4.90 Å². The van der Waals surface area contributed by atoms with Crippen molar-refractivity contribution in [1.82, 2.24) is 4.90 Å². The van der Waals surface area contributed by atoms with Crippen molar-refractivity contribution in [3.8, 4) is 11.5 Å². The lowest BCUT2D eigenvalue weighted by atomic mass is 10.1. The molecule has 8 heteroatoms. The van der Waals surface area contributed by atoms with Gasteiger partial charge in [-0.1, -0.05) is 53.2 Å². The number of nitrogens with zero attached hydrogens (tertiary/aromatic N) is 2. The first-order valence-corrected chi connectivity index (χ1v) is 14.1. The Morgan fingerprint density at radius 3 is 2.44 bits per heavy atom. The summed E-state index contributed by atoms with van der Waals surface area (Å²) in [7, 11) is 0. The van der Waals surface area contributed by atoms with Gasteiger partial charge in [-0.3, -0.25) is 9.69 Å². The maximum atomic E-state index is 13.2. The van der Waals surface area contributed by atoms with Crippen molar-refractivity contribution >= 4 is 66.5 Å². The monoisotopic (exact) mass is 628 g/mol. The number of rotatable bonds is 9. The van der Waals surface area contributed by atoms with Gasteiger partial charge < -0.3 is 9.47 Å². The number of amides is 1. The summed E-state index contributed by atoms with van der Waals surface area (Å²) in [5, 5.41) is 0.692. The van der Waals surface area contributed by atoms with Gasteiger partial charge in [0.2, 0.25) is 0 Å². The quantitative estimate of drug-likeness (QED) is 0.224. The highest BCUT2D eigenvalue weighted by Crippen LogP contribution is 2.40. The Balaban J connectivity index is 1.61. The molecule has 4 rings (SSSR count). The molecule has 1 saturated heterocycles. The number of aliphatic imine (C=N–C) groups is 1. The number of carbonyl (C=O) groups excluding carboxylic acids is 1. The molecule has 0 bridgehead atoms. The summed E-state index contributed by atoms with van der Waals surface area (Å²) < 4.78 is 13.8. The molecule has 0 aliphatic carbocycles. The number of carbonyl (C=O) groups is 1. The highest BCUT2D eigenvalue weighted by Gasteiger charge is 2.33. The molecule has 0 spiro atoms. The van der Waals surface area contributed by atoms with Crippen LogP contribution in [-0.2, 0) is 11.4 Å². The molecule has 1 aliphatic heterocycles. The normalized spacial score (nSPS) is 15.7. The molecule has 3 aromatic rings. The van der Waals surface area contributed by atoms with Crippen molar-refractivity contribution in [2.24, 2.45) is 4.99 Å². The van der Waals surface area contributed by atoms with E-state index in [1.165, 1.54) is 11.8 Å². The van der Waals surface area contributed by atoms with Crippen LogP contribution in [-0.4, -0.2) is 29.1 Å². The van der Waals surface area contributed by atoms with E-state index >= 15 is 0 Å². The number of halogens is 2. The Morgan fingerprint density at radius 1 is 1.00 bits per heavy atom. The van der Waals surface area contributed by atoms with Crippen molar-refractivity contribution in [1.29, 1.82) is 0 Å². The first-order chi connectivity index (χ1) is 17.5. The number of para-hydroxylation sites is 1. The van der Waals surface area contributed by atoms with Gasteiger partial charge in [-0.15, -0.1) is 0 Å². The SMILES string of the molecule is CCCN1C(=O)/C(=C\c2cc(Br)c(OCc3ccc(Br)cc3)c(OCC)c2)SC1=Nc1ccccc1. The molecule has 3 aromatic carbocycles. The number of benzene rings is 3. The molecule has 1 fully saturated rings. The molecule has 0 radical (unpaired) electrons. The molecule has 0 saturated carbocycles. The summed E-state index contributed by atoms with van der Waals surface area (Å²) in [6, 6.07) is 21.5. The van der Waals surface area contributed by atoms with Crippen LogP contribution in [0.1, 0.15) is 31.4 Å². The summed E-state index contributed by atoms with van der Waals surface area (Å²) in [6.45, 7) is 5.51. The second-order valence-corrected chi connectivity index (χ2v) is 10.8. The molecular weight excluding hydrogens is 604 g/mol. The van der Waals surface area contributed by atoms with Crippen LogP contribution in [0.25, 0.3) is 6.08 Å². The number of ether oxygens (including phenoxy) is 2. The van der Waals surface area contributed by atoms with E-state index < -0.39 is 0 Å². The number of hydrogen-bond acceptors (Lipinski definition) is 5. The Kier molecular flexibility index (Phi) is 9.29. The fraction of sp³-hybridized carbons (Fsp3) is 0.214. The van der Waals surface area contributed by atoms with E-state index in [2.05, 4.69) is 38.8 Å². The zero-order valence-electron chi connectivity index (χ0n) is 20.0. The van der Waals surface area contributed by atoms with Crippen LogP contribution in [0.15, 0.2) is 85.6 Å². The van der Waals surface area contributed by atoms with Gasteiger partial charge in [-0.05, 0) is 94.6 Å². The van der Waals surface area contributed by atoms with Gasteiger partial charge in [-0.25, -0.2) is 4.99 Å². The van der Waals surface area contributed by atoms with E-state index in [-0.39, 0.29) is 5.91 Å². The Bertz CT molecular complexity index is 1280. The van der Waals surface area contributed by atoms with Gasteiger partial charge in [0.1, 0.15) is 6.61 Å². The summed E-state index contributed by atoms with van der Waals surface area (Å²) in [5.74, 6) is 1.21. The van der Waals surface area contributed by atoms with Crippen LogP contribution < -0.4 is 9.47 Å². The van der Waals surface area contributed by atoms with Crippen molar-refractivity contribution in [2.75, 3.05) is 13.2 Å². The molecule has 1 aliphatic rings. The van der Waals surface area contributed by atoms with Crippen LogP contribution in [0.2, 0.25) is 0 Å². The van der Waals surface area contributed by atoms with Crippen molar-refractivity contribution in [3.63, 3.8) is 0 Å². The minimum Gasteiger partial charge on any atom is -0.490 e. The molecule has 5 nitrogen and oxygen atoms in total. The molecule has 36 heavy (non-hydrogen) atoms. The van der Waals surface area contributed by atoms with Crippen LogP contribution >= 0.6 is 43.6 Å². The molecular formula is C28H26Br2N2O3S. The number of hydrogen-bond donors (Lipinski definition) is 0. The fourth-order valence-corrected chi connectivity index (χ4v) is 5.45. The predicted molar refractivity (Wildman–Crippen MR) is 155 cm³/mol. The van der Waals surface area contributed by atoms with Gasteiger partial charge in [0.25, 0.3) is 5.91 Å². The molecule has 0 atom stereocenters. The first kappa shape index (κ1) is 26.5. The fourth-order valence-electron chi connectivity index (χ4n) is 3.59. The number of amidine groups is 1. The van der Waals surface area contributed by atoms with Crippen LogP contribution in [0, 0.1) is 0 Å². The standard InChI is InChI=1S/C28H26Br2N2O3S/c1-3-14-32-27(33)25(36-28(32)31-22-8-6-5-7-9-22)17-20-15-23(30)26(24(16-20)34-4-2)35-18-19-10-12-21(29)13-11-19/h5-13,15-17H,3-4,14,18H2,1-2H3/b25-17+,31-28?. The molecule has 1 heterocycles. The zero-order valence-corrected chi connectivity index (χ0v) is 24.0. The summed E-state index contributed by atoms with van der Waals surface area (Å²) in [4.78, 5) is 20.3. The Labute approximate surface area is 232 Å². The molecule has 0 aromatic heterocycles. The zero-order chi connectivity index (χ0) is 25.5. The van der Waals surface area contributed by atoms with Crippen LogP contribution in [0.5, 0.6) is 11.5 Å². The van der Waals surface area contributed by atoms with E-state index in [0.29, 0.717) is 41.3 Å². The summed E-state index contributed by atoms with van der Waals surface area (Å²) in [5.41, 5.74) is 2.71. The maximum Gasteiger partial charge on any atom is 0.266 e. The third-order valence-corrected chi connectivity index (χ3v) is 7.37. The van der Waals surface area contributed by atoms with Gasteiger partial charge in [0.05, 0.1) is 21.7 Å². The Morgan fingerprint density at radius 2 is 1.75 bits per heavy atom. The lowest BCUT2D eigenvalue weighted by molar-refractivity contribution is -0.122. The van der Waals surface area contributed by atoms with E-state index in [9.17, 15) is 4.79 Å². The first-order valence-electron chi connectivity index (χ1n) is 11.7. The average molecular weight is 630 g/mol. The lowest BCUT2D eigenvalue weighted by Gasteiger charge is -2.15. The van der Waals surface area contributed by atoms with Crippen molar-refractivity contribution < 1.29 is 14.3 Å². The molecule has 0 unspecified atom stereocenters. The van der Waals surface area contributed by atoms with E-state index in [4.69, 9.17) is 14.5 Å². The minimum absolute atomic E-state index is 0.0406. The van der Waals surface area contributed by atoms with E-state index in [1.807, 2.05) is 79.7 Å². The summed E-state index contributed by atoms with van der Waals surface area (Å²) in [6.07, 6.45) is 2.73. The third-order valence-electron chi connectivity index (χ3n) is 5.24. The summed E-state index contributed by atoms with van der Waals surface area (Å²) >= 11 is 8.49. The third kappa shape index (κ3) is 6.60. The smallest absolute Gasteiger partial charge is 0.266 e. The lowest BCUT2D eigenvalue weighted by Crippen LogP contribution is -2.29. The Hall–Kier alpha value is -2.55. The van der Waals surface area contributed by atoms with Gasteiger partial charge in [0.15, 0.2) is 16.7 Å². The van der Waals surface area contributed by atoms with Crippen LogP contribution in [0.3, 0.4) is 0 Å². The van der Waals surface area contributed by atoms with Crippen LogP contribution in [0.4, 0.5) is 5.69 Å². The van der Waals surface area contributed by atoms with Crippen molar-refractivity contribution in [3.05, 3.63) is 91.7 Å². The molecule has 1 amide bonds. The second-order valence-electron chi connectivity index (χ2n) is 7.98. The molecule has 0 N–H and O–H groups in total. The number of thioether (sulfide) groups is 1. The average Bonchev–Trinajstić information content (AvgIpc) is 3.14. The highest BCUT2D eigenvalue weighted by molar-refractivity contribution is 9.10. The largest absolute Gasteiger partial charge is 0.490 e. The van der Waals surface area contributed by atoms with E-state index in [0.717, 1.165) is 32.2 Å². The van der Waals surface area contributed by atoms with Crippen molar-refractivity contribution in [2.45, 2.75) is 26.9 Å². The predicted octanol–water partition coefficient (Wildman–Crippen LogP) is 8.20. The maximum absolute atomic E-state index is 13.2. The van der Waals surface area contributed by atoms with Gasteiger partial charge >= 0.3 is 0 Å². The second kappa shape index (κ2) is 12.6. The highest BCUT2D eigenvalue weighted by atomic mass is 79.9. The topological polar surface area (TPSA) is 51.1 Å².